The van der Waals surface area contributed by atoms with Gasteiger partial charge in [-0.15, -0.1) is 0 Å². The van der Waals surface area contributed by atoms with Crippen molar-refractivity contribution < 1.29 is 0 Å². The van der Waals surface area contributed by atoms with Gasteiger partial charge in [0.1, 0.15) is 16.4 Å². The standard InChI is InChI=1S/C11H8Cl3N5S/c12-3-1-4(6(14)5(13)2-3)7-9(15)19-10(16)8(18-7)11(17)20/h1-2H,(H2,17,20)(H4,15,16,19). The summed E-state index contributed by atoms with van der Waals surface area (Å²) in [5, 5.41) is 0.893. The van der Waals surface area contributed by atoms with E-state index in [1.165, 1.54) is 6.07 Å². The predicted octanol–water partition coefficient (Wildman–Crippen LogP) is 2.90. The van der Waals surface area contributed by atoms with E-state index in [4.69, 9.17) is 64.2 Å². The Morgan fingerprint density at radius 2 is 1.70 bits per heavy atom. The average Bonchev–Trinajstić information content (AvgIpc) is 2.33. The molecule has 5 nitrogen and oxygen atoms in total. The van der Waals surface area contributed by atoms with Gasteiger partial charge in [0.05, 0.1) is 10.0 Å². The molecule has 0 atom stereocenters. The Labute approximate surface area is 135 Å². The largest absolute Gasteiger partial charge is 0.388 e. The summed E-state index contributed by atoms with van der Waals surface area (Å²) in [4.78, 5) is 8.16. The summed E-state index contributed by atoms with van der Waals surface area (Å²) in [6, 6.07) is 3.07. The highest BCUT2D eigenvalue weighted by Gasteiger charge is 2.17. The molecule has 1 aromatic heterocycles. The van der Waals surface area contributed by atoms with Crippen LogP contribution in [0, 0.1) is 0 Å². The van der Waals surface area contributed by atoms with Crippen LogP contribution in [0.15, 0.2) is 12.1 Å². The molecule has 0 aliphatic heterocycles. The summed E-state index contributed by atoms with van der Waals surface area (Å²) in [6.45, 7) is 0. The van der Waals surface area contributed by atoms with E-state index >= 15 is 0 Å². The lowest BCUT2D eigenvalue weighted by Crippen LogP contribution is -2.17. The van der Waals surface area contributed by atoms with Gasteiger partial charge in [-0.3, -0.25) is 0 Å². The zero-order valence-corrected chi connectivity index (χ0v) is 12.9. The Balaban J connectivity index is 2.76. The number of hydrogen-bond acceptors (Lipinski definition) is 5. The Morgan fingerprint density at radius 1 is 1.05 bits per heavy atom. The molecule has 0 aliphatic carbocycles. The highest BCUT2D eigenvalue weighted by molar-refractivity contribution is 7.80. The summed E-state index contributed by atoms with van der Waals surface area (Å²) in [5.41, 5.74) is 17.8. The van der Waals surface area contributed by atoms with Gasteiger partial charge in [-0.25, -0.2) is 9.97 Å². The van der Waals surface area contributed by atoms with Gasteiger partial charge in [0.25, 0.3) is 0 Å². The molecule has 2 rings (SSSR count). The Morgan fingerprint density at radius 3 is 2.30 bits per heavy atom. The Hall–Kier alpha value is -1.34. The third kappa shape index (κ3) is 2.73. The molecule has 0 spiro atoms. The van der Waals surface area contributed by atoms with Crippen molar-refractivity contribution >= 4 is 63.6 Å². The third-order valence-corrected chi connectivity index (χ3v) is 3.64. The quantitative estimate of drug-likeness (QED) is 0.569. The van der Waals surface area contributed by atoms with Crippen LogP contribution in [0.3, 0.4) is 0 Å². The lowest BCUT2D eigenvalue weighted by Gasteiger charge is -2.11. The lowest BCUT2D eigenvalue weighted by molar-refractivity contribution is 1.20. The van der Waals surface area contributed by atoms with Gasteiger partial charge in [-0.2, -0.15) is 0 Å². The number of benzene rings is 1. The molecule has 6 N–H and O–H groups in total. The number of halogens is 3. The van der Waals surface area contributed by atoms with Gasteiger partial charge in [-0.05, 0) is 12.1 Å². The first-order valence-electron chi connectivity index (χ1n) is 5.19. The summed E-state index contributed by atoms with van der Waals surface area (Å²) < 4.78 is 0. The normalized spacial score (nSPS) is 10.6. The van der Waals surface area contributed by atoms with E-state index < -0.39 is 0 Å². The number of nitrogens with two attached hydrogens (primary N) is 3. The Kier molecular flexibility index (Phi) is 4.19. The van der Waals surface area contributed by atoms with Gasteiger partial charge in [0.2, 0.25) is 0 Å². The van der Waals surface area contributed by atoms with Gasteiger partial charge >= 0.3 is 0 Å². The molecule has 0 aliphatic rings. The molecule has 104 valence electrons. The molecular weight excluding hydrogens is 341 g/mol. The predicted molar refractivity (Wildman–Crippen MR) is 87.2 cm³/mol. The first kappa shape index (κ1) is 15.1. The molecule has 0 bridgehead atoms. The van der Waals surface area contributed by atoms with E-state index in [0.29, 0.717) is 10.6 Å². The number of nitrogen functional groups attached to an aromatic ring is 2. The van der Waals surface area contributed by atoms with Crippen molar-refractivity contribution in [2.45, 2.75) is 0 Å². The van der Waals surface area contributed by atoms with E-state index in [9.17, 15) is 0 Å². The molecule has 0 fully saturated rings. The summed E-state index contributed by atoms with van der Waals surface area (Å²) in [6.07, 6.45) is 0. The van der Waals surface area contributed by atoms with E-state index in [1.54, 1.807) is 6.07 Å². The number of rotatable bonds is 2. The van der Waals surface area contributed by atoms with Crippen molar-refractivity contribution in [3.8, 4) is 11.3 Å². The molecule has 1 aromatic carbocycles. The fourth-order valence-electron chi connectivity index (χ4n) is 1.57. The van der Waals surface area contributed by atoms with Crippen molar-refractivity contribution in [3.63, 3.8) is 0 Å². The van der Waals surface area contributed by atoms with Crippen molar-refractivity contribution in [1.82, 2.24) is 9.97 Å². The first-order chi connectivity index (χ1) is 9.31. The monoisotopic (exact) mass is 347 g/mol. The maximum Gasteiger partial charge on any atom is 0.154 e. The van der Waals surface area contributed by atoms with Crippen LogP contribution in [0.4, 0.5) is 11.6 Å². The smallest absolute Gasteiger partial charge is 0.154 e. The lowest BCUT2D eigenvalue weighted by atomic mass is 10.1. The van der Waals surface area contributed by atoms with E-state index in [1.807, 2.05) is 0 Å². The van der Waals surface area contributed by atoms with Gasteiger partial charge in [-0.1, -0.05) is 47.0 Å². The number of anilines is 2. The molecule has 0 amide bonds. The summed E-state index contributed by atoms with van der Waals surface area (Å²) in [7, 11) is 0. The third-order valence-electron chi connectivity index (χ3n) is 2.43. The number of thiocarbonyl (C=S) groups is 1. The second-order valence-corrected chi connectivity index (χ2v) is 5.47. The summed E-state index contributed by atoms with van der Waals surface area (Å²) >= 11 is 22.9. The van der Waals surface area contributed by atoms with Crippen molar-refractivity contribution in [2.75, 3.05) is 11.5 Å². The summed E-state index contributed by atoms with van der Waals surface area (Å²) in [5.74, 6) is 0.116. The van der Waals surface area contributed by atoms with Crippen LogP contribution in [-0.4, -0.2) is 15.0 Å². The maximum atomic E-state index is 6.13. The van der Waals surface area contributed by atoms with Crippen LogP contribution in [0.1, 0.15) is 5.69 Å². The van der Waals surface area contributed by atoms with Crippen LogP contribution in [0.25, 0.3) is 11.3 Å². The van der Waals surface area contributed by atoms with Gasteiger partial charge in [0, 0.05) is 10.6 Å². The average molecular weight is 349 g/mol. The second-order valence-electron chi connectivity index (χ2n) is 3.80. The van der Waals surface area contributed by atoms with E-state index in [-0.39, 0.29) is 38.1 Å². The Bertz CT molecular complexity index is 720. The van der Waals surface area contributed by atoms with Crippen LogP contribution < -0.4 is 17.2 Å². The topological polar surface area (TPSA) is 104 Å². The van der Waals surface area contributed by atoms with Crippen LogP contribution in [-0.2, 0) is 0 Å². The first-order valence-corrected chi connectivity index (χ1v) is 6.73. The molecule has 0 unspecified atom stereocenters. The van der Waals surface area contributed by atoms with Crippen molar-refractivity contribution in [3.05, 3.63) is 32.9 Å². The highest BCUT2D eigenvalue weighted by atomic mass is 35.5. The van der Waals surface area contributed by atoms with E-state index in [2.05, 4.69) is 9.97 Å². The van der Waals surface area contributed by atoms with Gasteiger partial charge in [0.15, 0.2) is 11.6 Å². The minimum absolute atomic E-state index is 0.000461. The maximum absolute atomic E-state index is 6.13. The fraction of sp³-hybridized carbons (Fsp3) is 0. The fourth-order valence-corrected chi connectivity index (χ4v) is 2.41. The minimum atomic E-state index is 0.000461. The van der Waals surface area contributed by atoms with Crippen LogP contribution >= 0.6 is 47.0 Å². The number of nitrogens with zero attached hydrogens (tertiary/aromatic N) is 2. The molecular formula is C11H8Cl3N5S. The molecule has 2 aromatic rings. The van der Waals surface area contributed by atoms with E-state index in [0.717, 1.165) is 0 Å². The second kappa shape index (κ2) is 5.57. The van der Waals surface area contributed by atoms with Gasteiger partial charge < -0.3 is 17.2 Å². The SMILES string of the molecule is NC(=S)c1nc(-c2cc(Cl)cc(Cl)c2Cl)c(N)nc1N. The van der Waals surface area contributed by atoms with Crippen LogP contribution in [0.2, 0.25) is 15.1 Å². The van der Waals surface area contributed by atoms with Crippen molar-refractivity contribution in [2.24, 2.45) is 5.73 Å². The van der Waals surface area contributed by atoms with Crippen LogP contribution in [0.5, 0.6) is 0 Å². The minimum Gasteiger partial charge on any atom is -0.388 e. The molecule has 9 heteroatoms. The molecule has 0 saturated carbocycles. The molecule has 20 heavy (non-hydrogen) atoms. The molecule has 1 heterocycles. The zero-order chi connectivity index (χ0) is 15.0. The molecule has 0 saturated heterocycles. The number of aromatic nitrogens is 2. The van der Waals surface area contributed by atoms with Crippen molar-refractivity contribution in [1.29, 1.82) is 0 Å². The molecule has 0 radical (unpaired) electrons. The highest BCUT2D eigenvalue weighted by Crippen LogP contribution is 2.37. The zero-order valence-electron chi connectivity index (χ0n) is 9.82. The number of hydrogen-bond donors (Lipinski definition) is 3.